The average Bonchev–Trinajstić information content (AvgIpc) is 2.86. The van der Waals surface area contributed by atoms with E-state index in [0.717, 1.165) is 0 Å². The zero-order valence-electron chi connectivity index (χ0n) is 13.9. The van der Waals surface area contributed by atoms with Crippen molar-refractivity contribution in [1.29, 1.82) is 0 Å². The maximum atomic E-state index is 12.6. The Bertz CT molecular complexity index is 622. The van der Waals surface area contributed by atoms with Gasteiger partial charge in [0, 0.05) is 39.4 Å². The van der Waals surface area contributed by atoms with Gasteiger partial charge in [0.1, 0.15) is 10.6 Å². The molecule has 1 amide bonds. The minimum Gasteiger partial charge on any atom is -0.345 e. The molecule has 0 spiro atoms. The minimum atomic E-state index is -3.74. The molecule has 0 aliphatic carbocycles. The van der Waals surface area contributed by atoms with Crippen LogP contribution in [0.15, 0.2) is 17.2 Å². The highest BCUT2D eigenvalue weighted by Gasteiger charge is 2.32. The van der Waals surface area contributed by atoms with E-state index in [-0.39, 0.29) is 17.3 Å². The summed E-state index contributed by atoms with van der Waals surface area (Å²) in [7, 11) is 1.15. The third-order valence-electron chi connectivity index (χ3n) is 4.01. The van der Waals surface area contributed by atoms with E-state index in [4.69, 9.17) is 5.73 Å². The normalized spacial score (nSPS) is 12.5. The molecule has 0 radical (unpaired) electrons. The largest absolute Gasteiger partial charge is 0.345 e. The van der Waals surface area contributed by atoms with Crippen LogP contribution < -0.4 is 10.5 Å². The fourth-order valence-electron chi connectivity index (χ4n) is 2.19. The number of rotatable bonds is 7. The molecule has 126 valence electrons. The Labute approximate surface area is 132 Å². The highest BCUT2D eigenvalue weighted by molar-refractivity contribution is 7.89. The van der Waals surface area contributed by atoms with E-state index < -0.39 is 15.6 Å². The summed E-state index contributed by atoms with van der Waals surface area (Å²) in [6.45, 7) is 4.01. The Morgan fingerprint density at radius 1 is 1.36 bits per heavy atom. The van der Waals surface area contributed by atoms with Gasteiger partial charge < -0.3 is 15.2 Å². The van der Waals surface area contributed by atoms with Crippen LogP contribution in [0.3, 0.4) is 0 Å². The third kappa shape index (κ3) is 3.68. The molecule has 0 aliphatic heterocycles. The lowest BCUT2D eigenvalue weighted by atomic mass is 9.95. The van der Waals surface area contributed by atoms with Gasteiger partial charge in [0.2, 0.25) is 10.0 Å². The van der Waals surface area contributed by atoms with Crippen LogP contribution in [0.25, 0.3) is 0 Å². The van der Waals surface area contributed by atoms with Crippen molar-refractivity contribution in [3.8, 4) is 0 Å². The second kappa shape index (κ2) is 6.80. The second-order valence-corrected chi connectivity index (χ2v) is 7.35. The number of nitrogens with one attached hydrogen (secondary N) is 1. The van der Waals surface area contributed by atoms with Crippen molar-refractivity contribution in [1.82, 2.24) is 14.2 Å². The van der Waals surface area contributed by atoms with Crippen molar-refractivity contribution in [2.45, 2.75) is 37.1 Å². The molecular weight excluding hydrogens is 304 g/mol. The number of aromatic nitrogens is 1. The fourth-order valence-corrected chi connectivity index (χ4v) is 3.82. The highest BCUT2D eigenvalue weighted by Crippen LogP contribution is 2.20. The number of hydrogen-bond donors (Lipinski definition) is 2. The maximum Gasteiger partial charge on any atom is 0.269 e. The van der Waals surface area contributed by atoms with Crippen molar-refractivity contribution in [2.24, 2.45) is 12.8 Å². The Kier molecular flexibility index (Phi) is 5.77. The van der Waals surface area contributed by atoms with E-state index in [1.54, 1.807) is 21.1 Å². The Morgan fingerprint density at radius 3 is 2.32 bits per heavy atom. The molecule has 3 N–H and O–H groups in total. The predicted molar refractivity (Wildman–Crippen MR) is 86.1 cm³/mol. The van der Waals surface area contributed by atoms with Crippen LogP contribution in [0.1, 0.15) is 37.2 Å². The zero-order chi connectivity index (χ0) is 17.1. The van der Waals surface area contributed by atoms with Crippen molar-refractivity contribution in [3.63, 3.8) is 0 Å². The molecule has 0 fully saturated rings. The molecule has 0 atom stereocenters. The number of nitrogens with zero attached hydrogens (tertiary/aromatic N) is 2. The molecule has 1 rings (SSSR count). The molecule has 22 heavy (non-hydrogen) atoms. The summed E-state index contributed by atoms with van der Waals surface area (Å²) in [4.78, 5) is 13.5. The lowest BCUT2D eigenvalue weighted by molar-refractivity contribution is 0.0818. The number of nitrogens with two attached hydrogens (primary N) is 1. The van der Waals surface area contributed by atoms with Gasteiger partial charge in [-0.15, -0.1) is 0 Å². The zero-order valence-corrected chi connectivity index (χ0v) is 14.7. The van der Waals surface area contributed by atoms with Gasteiger partial charge in [-0.3, -0.25) is 4.79 Å². The van der Waals surface area contributed by atoms with Crippen molar-refractivity contribution in [2.75, 3.05) is 20.6 Å². The first-order valence-electron chi connectivity index (χ1n) is 7.24. The SMILES string of the molecule is CCC(CC)(CN)NS(=O)(=O)c1cc(C(=O)N(C)C)n(C)c1. The van der Waals surface area contributed by atoms with Crippen LogP contribution in [0, 0.1) is 0 Å². The van der Waals surface area contributed by atoms with Crippen LogP contribution in [-0.2, 0) is 17.1 Å². The average molecular weight is 330 g/mol. The lowest BCUT2D eigenvalue weighted by Crippen LogP contribution is -2.52. The Balaban J connectivity index is 3.20. The van der Waals surface area contributed by atoms with E-state index in [1.165, 1.54) is 21.7 Å². The van der Waals surface area contributed by atoms with Gasteiger partial charge in [0.15, 0.2) is 0 Å². The van der Waals surface area contributed by atoms with Crippen molar-refractivity contribution in [3.05, 3.63) is 18.0 Å². The van der Waals surface area contributed by atoms with Crippen molar-refractivity contribution < 1.29 is 13.2 Å². The molecule has 8 heteroatoms. The van der Waals surface area contributed by atoms with E-state index in [9.17, 15) is 13.2 Å². The standard InChI is InChI=1S/C14H26N4O3S/c1-6-14(7-2,10-15)16-22(20,21)11-8-12(18(5)9-11)13(19)17(3)4/h8-9,16H,6-7,10,15H2,1-5H3. The smallest absolute Gasteiger partial charge is 0.269 e. The monoisotopic (exact) mass is 330 g/mol. The molecule has 7 nitrogen and oxygen atoms in total. The molecule has 1 aromatic heterocycles. The first-order chi connectivity index (χ1) is 10.1. The molecule has 1 heterocycles. The summed E-state index contributed by atoms with van der Waals surface area (Å²) < 4.78 is 29.4. The molecule has 0 aromatic carbocycles. The van der Waals surface area contributed by atoms with E-state index >= 15 is 0 Å². The molecule has 0 aliphatic rings. The summed E-state index contributed by atoms with van der Waals surface area (Å²) in [5.41, 5.74) is 5.39. The minimum absolute atomic E-state index is 0.0694. The molecule has 0 unspecified atom stereocenters. The molecule has 0 saturated carbocycles. The van der Waals surface area contributed by atoms with E-state index in [0.29, 0.717) is 18.5 Å². The van der Waals surface area contributed by atoms with Gasteiger partial charge in [-0.2, -0.15) is 0 Å². The van der Waals surface area contributed by atoms with Crippen LogP contribution in [0.4, 0.5) is 0 Å². The number of amides is 1. The summed E-state index contributed by atoms with van der Waals surface area (Å²) in [6, 6.07) is 1.39. The predicted octanol–water partition coefficient (Wildman–Crippen LogP) is 0.523. The summed E-state index contributed by atoms with van der Waals surface area (Å²) in [6.07, 6.45) is 2.62. The van der Waals surface area contributed by atoms with Crippen LogP contribution in [0.5, 0.6) is 0 Å². The lowest BCUT2D eigenvalue weighted by Gasteiger charge is -2.30. The Hall–Kier alpha value is -1.38. The fraction of sp³-hybridized carbons (Fsp3) is 0.643. The number of sulfonamides is 1. The van der Waals surface area contributed by atoms with Gasteiger partial charge in [0.05, 0.1) is 0 Å². The third-order valence-corrected chi connectivity index (χ3v) is 5.56. The van der Waals surface area contributed by atoms with Crippen molar-refractivity contribution >= 4 is 15.9 Å². The van der Waals surface area contributed by atoms with Crippen LogP contribution in [0.2, 0.25) is 0 Å². The van der Waals surface area contributed by atoms with Gasteiger partial charge in [-0.25, -0.2) is 13.1 Å². The Morgan fingerprint density at radius 2 is 1.91 bits per heavy atom. The highest BCUT2D eigenvalue weighted by atomic mass is 32.2. The van der Waals surface area contributed by atoms with Gasteiger partial charge in [0.25, 0.3) is 5.91 Å². The number of carbonyl (C=O) groups excluding carboxylic acids is 1. The van der Waals surface area contributed by atoms with Gasteiger partial charge >= 0.3 is 0 Å². The number of hydrogen-bond acceptors (Lipinski definition) is 4. The molecule has 1 aromatic rings. The number of carbonyl (C=O) groups is 1. The summed E-state index contributed by atoms with van der Waals surface area (Å²) >= 11 is 0. The van der Waals surface area contributed by atoms with E-state index in [1.807, 2.05) is 13.8 Å². The van der Waals surface area contributed by atoms with Gasteiger partial charge in [-0.1, -0.05) is 13.8 Å². The first-order valence-corrected chi connectivity index (χ1v) is 8.73. The maximum absolute atomic E-state index is 12.6. The molecule has 0 bridgehead atoms. The number of aryl methyl sites for hydroxylation is 1. The van der Waals surface area contributed by atoms with E-state index in [2.05, 4.69) is 4.72 Å². The molecular formula is C14H26N4O3S. The van der Waals surface area contributed by atoms with Crippen LogP contribution >= 0.6 is 0 Å². The molecule has 0 saturated heterocycles. The topological polar surface area (TPSA) is 97.4 Å². The quantitative estimate of drug-likeness (QED) is 0.762. The second-order valence-electron chi connectivity index (χ2n) is 5.67. The summed E-state index contributed by atoms with van der Waals surface area (Å²) in [5.74, 6) is -0.250. The van der Waals surface area contributed by atoms with Gasteiger partial charge in [-0.05, 0) is 18.9 Å². The first kappa shape index (κ1) is 18.7. The van der Waals surface area contributed by atoms with Crippen LogP contribution in [-0.4, -0.2) is 50.0 Å². The summed E-state index contributed by atoms with van der Waals surface area (Å²) in [5, 5.41) is 0.